The van der Waals surface area contributed by atoms with E-state index >= 15 is 0 Å². The Balaban J connectivity index is 2.26. The number of hydrogen-bond acceptors (Lipinski definition) is 6. The van der Waals surface area contributed by atoms with Crippen molar-refractivity contribution < 1.29 is 18.7 Å². The number of aromatic nitrogens is 1. The largest absolute Gasteiger partial charge is 0.493 e. The van der Waals surface area contributed by atoms with Gasteiger partial charge in [-0.1, -0.05) is 13.8 Å². The van der Waals surface area contributed by atoms with Crippen LogP contribution in [-0.4, -0.2) is 24.7 Å². The minimum absolute atomic E-state index is 0.176. The molecule has 1 aromatic carbocycles. The SMILES string of the molecule is CCOC(=O)c1cc2c(cc(OC)c3oc(C(C)C)nc32)s1. The van der Waals surface area contributed by atoms with E-state index < -0.39 is 0 Å². The van der Waals surface area contributed by atoms with Gasteiger partial charge in [0.1, 0.15) is 10.4 Å². The van der Waals surface area contributed by atoms with Crippen molar-refractivity contribution in [3.63, 3.8) is 0 Å². The van der Waals surface area contributed by atoms with E-state index in [0.29, 0.717) is 28.7 Å². The number of methoxy groups -OCH3 is 1. The predicted molar refractivity (Wildman–Crippen MR) is 86.0 cm³/mol. The Labute approximate surface area is 131 Å². The van der Waals surface area contributed by atoms with Crippen LogP contribution in [0, 0.1) is 0 Å². The van der Waals surface area contributed by atoms with Gasteiger partial charge in [-0.25, -0.2) is 9.78 Å². The highest BCUT2D eigenvalue weighted by molar-refractivity contribution is 7.20. The quantitative estimate of drug-likeness (QED) is 0.669. The predicted octanol–water partition coefficient (Wildman–Crippen LogP) is 4.35. The maximum atomic E-state index is 11.9. The molecule has 0 spiro atoms. The summed E-state index contributed by atoms with van der Waals surface area (Å²) in [5.41, 5.74) is 1.34. The molecule has 0 radical (unpaired) electrons. The van der Waals surface area contributed by atoms with E-state index in [1.54, 1.807) is 14.0 Å². The fourth-order valence-electron chi connectivity index (χ4n) is 2.27. The molecular formula is C16H17NO4S. The van der Waals surface area contributed by atoms with Gasteiger partial charge in [-0.2, -0.15) is 0 Å². The molecule has 0 saturated carbocycles. The molecule has 2 aromatic heterocycles. The van der Waals surface area contributed by atoms with E-state index in [1.807, 2.05) is 26.0 Å². The Bertz CT molecular complexity index is 847. The highest BCUT2D eigenvalue weighted by Gasteiger charge is 2.20. The number of ether oxygens (including phenoxy) is 2. The number of rotatable bonds is 4. The molecule has 2 heterocycles. The number of thiophene rings is 1. The molecule has 0 amide bonds. The van der Waals surface area contributed by atoms with Crippen LogP contribution in [0.5, 0.6) is 5.75 Å². The minimum Gasteiger partial charge on any atom is -0.493 e. The summed E-state index contributed by atoms with van der Waals surface area (Å²) in [4.78, 5) is 17.1. The number of oxazole rings is 1. The van der Waals surface area contributed by atoms with Crippen LogP contribution >= 0.6 is 11.3 Å². The van der Waals surface area contributed by atoms with Crippen LogP contribution in [0.1, 0.15) is 42.3 Å². The third-order valence-corrected chi connectivity index (χ3v) is 4.40. The van der Waals surface area contributed by atoms with Gasteiger partial charge in [0.2, 0.25) is 0 Å². The zero-order chi connectivity index (χ0) is 15.9. The summed E-state index contributed by atoms with van der Waals surface area (Å²) in [5, 5.41) is 0.888. The number of hydrogen-bond donors (Lipinski definition) is 0. The van der Waals surface area contributed by atoms with Crippen molar-refractivity contribution in [2.45, 2.75) is 26.7 Å². The van der Waals surface area contributed by atoms with Gasteiger partial charge in [-0.15, -0.1) is 11.3 Å². The summed E-state index contributed by atoms with van der Waals surface area (Å²) in [7, 11) is 1.60. The zero-order valence-corrected chi connectivity index (χ0v) is 13.7. The summed E-state index contributed by atoms with van der Waals surface area (Å²) in [6, 6.07) is 3.69. The first kappa shape index (κ1) is 14.8. The molecule has 0 saturated heterocycles. The molecule has 0 bridgehead atoms. The van der Waals surface area contributed by atoms with Crippen LogP contribution in [-0.2, 0) is 4.74 Å². The van der Waals surface area contributed by atoms with Crippen molar-refractivity contribution in [3.8, 4) is 5.75 Å². The van der Waals surface area contributed by atoms with Crippen molar-refractivity contribution in [2.75, 3.05) is 13.7 Å². The van der Waals surface area contributed by atoms with Crippen molar-refractivity contribution in [1.82, 2.24) is 4.98 Å². The second kappa shape index (κ2) is 5.61. The molecule has 0 N–H and O–H groups in total. The van der Waals surface area contributed by atoms with Crippen LogP contribution in [0.25, 0.3) is 21.2 Å². The van der Waals surface area contributed by atoms with Gasteiger partial charge in [0, 0.05) is 22.1 Å². The highest BCUT2D eigenvalue weighted by atomic mass is 32.1. The van der Waals surface area contributed by atoms with Gasteiger partial charge in [0.25, 0.3) is 0 Å². The molecular weight excluding hydrogens is 302 g/mol. The lowest BCUT2D eigenvalue weighted by molar-refractivity contribution is 0.0532. The number of benzene rings is 1. The van der Waals surface area contributed by atoms with Crippen LogP contribution in [0.4, 0.5) is 0 Å². The van der Waals surface area contributed by atoms with Gasteiger partial charge >= 0.3 is 5.97 Å². The van der Waals surface area contributed by atoms with Crippen molar-refractivity contribution in [3.05, 3.63) is 22.9 Å². The average molecular weight is 319 g/mol. The Hall–Kier alpha value is -2.08. The molecule has 0 aliphatic rings. The molecule has 22 heavy (non-hydrogen) atoms. The zero-order valence-electron chi connectivity index (χ0n) is 12.9. The standard InChI is InChI=1S/C16H17NO4S/c1-5-20-16(18)12-6-9-11(22-12)7-10(19-4)14-13(9)17-15(21-14)8(2)3/h6-8H,5H2,1-4H3. The highest BCUT2D eigenvalue weighted by Crippen LogP contribution is 2.39. The van der Waals surface area contributed by atoms with E-state index in [1.165, 1.54) is 11.3 Å². The van der Waals surface area contributed by atoms with Gasteiger partial charge in [-0.05, 0) is 13.0 Å². The lowest BCUT2D eigenvalue weighted by atomic mass is 10.2. The smallest absolute Gasteiger partial charge is 0.348 e. The number of esters is 1. The number of carbonyl (C=O) groups is 1. The topological polar surface area (TPSA) is 61.6 Å². The summed E-state index contributed by atoms with van der Waals surface area (Å²) in [6.07, 6.45) is 0. The average Bonchev–Trinajstić information content (AvgIpc) is 3.10. The van der Waals surface area contributed by atoms with Gasteiger partial charge in [0.15, 0.2) is 17.2 Å². The Morgan fingerprint density at radius 3 is 2.82 bits per heavy atom. The Morgan fingerprint density at radius 1 is 1.41 bits per heavy atom. The van der Waals surface area contributed by atoms with Gasteiger partial charge in [-0.3, -0.25) is 0 Å². The van der Waals surface area contributed by atoms with Gasteiger partial charge in [0.05, 0.1) is 13.7 Å². The van der Waals surface area contributed by atoms with E-state index in [9.17, 15) is 4.79 Å². The van der Waals surface area contributed by atoms with Crippen LogP contribution in [0.3, 0.4) is 0 Å². The van der Waals surface area contributed by atoms with E-state index in [-0.39, 0.29) is 11.9 Å². The molecule has 116 valence electrons. The molecule has 3 rings (SSSR count). The van der Waals surface area contributed by atoms with Crippen LogP contribution < -0.4 is 4.74 Å². The van der Waals surface area contributed by atoms with Crippen molar-refractivity contribution in [1.29, 1.82) is 0 Å². The third-order valence-electron chi connectivity index (χ3n) is 3.34. The van der Waals surface area contributed by atoms with Crippen molar-refractivity contribution >= 4 is 38.5 Å². The first-order valence-corrected chi connectivity index (χ1v) is 7.94. The summed E-state index contributed by atoms with van der Waals surface area (Å²) >= 11 is 1.37. The second-order valence-electron chi connectivity index (χ2n) is 5.21. The Kier molecular flexibility index (Phi) is 3.78. The molecule has 0 fully saturated rings. The maximum absolute atomic E-state index is 11.9. The molecule has 5 nitrogen and oxygen atoms in total. The molecule has 3 aromatic rings. The third kappa shape index (κ3) is 2.33. The number of fused-ring (bicyclic) bond motifs is 3. The lowest BCUT2D eigenvalue weighted by Crippen LogP contribution is -2.01. The maximum Gasteiger partial charge on any atom is 0.348 e. The molecule has 0 atom stereocenters. The minimum atomic E-state index is -0.316. The van der Waals surface area contributed by atoms with E-state index in [0.717, 1.165) is 15.6 Å². The van der Waals surface area contributed by atoms with Crippen LogP contribution in [0.2, 0.25) is 0 Å². The normalized spacial score (nSPS) is 11.5. The second-order valence-corrected chi connectivity index (χ2v) is 6.29. The van der Waals surface area contributed by atoms with Gasteiger partial charge < -0.3 is 13.9 Å². The first-order chi connectivity index (χ1) is 10.5. The summed E-state index contributed by atoms with van der Waals surface area (Å²) < 4.78 is 17.2. The monoisotopic (exact) mass is 319 g/mol. The fraction of sp³-hybridized carbons (Fsp3) is 0.375. The number of nitrogens with zero attached hydrogens (tertiary/aromatic N) is 1. The van der Waals surface area contributed by atoms with E-state index in [4.69, 9.17) is 13.9 Å². The molecule has 0 aliphatic carbocycles. The molecule has 0 unspecified atom stereocenters. The van der Waals surface area contributed by atoms with Crippen molar-refractivity contribution in [2.24, 2.45) is 0 Å². The fourth-order valence-corrected chi connectivity index (χ4v) is 3.26. The Morgan fingerprint density at radius 2 is 2.18 bits per heavy atom. The molecule has 0 aliphatic heterocycles. The summed E-state index contributed by atoms with van der Waals surface area (Å²) in [5.74, 6) is 1.14. The molecule has 6 heteroatoms. The summed E-state index contributed by atoms with van der Waals surface area (Å²) in [6.45, 7) is 6.18. The lowest BCUT2D eigenvalue weighted by Gasteiger charge is -2.00. The number of carbonyl (C=O) groups excluding carboxylic acids is 1. The van der Waals surface area contributed by atoms with Crippen LogP contribution in [0.15, 0.2) is 16.5 Å². The first-order valence-electron chi connectivity index (χ1n) is 7.13. The van der Waals surface area contributed by atoms with E-state index in [2.05, 4.69) is 4.98 Å².